The van der Waals surface area contributed by atoms with E-state index in [-0.39, 0.29) is 5.75 Å². The van der Waals surface area contributed by atoms with Crippen LogP contribution in [-0.4, -0.2) is 47.1 Å². The van der Waals surface area contributed by atoms with Crippen molar-refractivity contribution in [3.05, 3.63) is 74.9 Å². The summed E-state index contributed by atoms with van der Waals surface area (Å²) in [6.45, 7) is 4.73. The lowest BCUT2D eigenvalue weighted by Crippen LogP contribution is -2.46. The van der Waals surface area contributed by atoms with Crippen molar-refractivity contribution in [2.75, 3.05) is 26.2 Å². The molecule has 2 saturated heterocycles. The van der Waals surface area contributed by atoms with Gasteiger partial charge in [0.15, 0.2) is 0 Å². The third kappa shape index (κ3) is 4.33. The number of aromatic hydroxyl groups is 1. The van der Waals surface area contributed by atoms with E-state index in [9.17, 15) is 14.7 Å². The smallest absolute Gasteiger partial charge is 0.344 e. The van der Waals surface area contributed by atoms with E-state index in [4.69, 9.17) is 8.83 Å². The van der Waals surface area contributed by atoms with Crippen molar-refractivity contribution in [1.29, 1.82) is 0 Å². The molecule has 0 atom stereocenters. The Kier molecular flexibility index (Phi) is 6.11. The minimum absolute atomic E-state index is 0.0894. The molecule has 2 aliphatic rings. The van der Waals surface area contributed by atoms with Crippen LogP contribution in [0, 0.1) is 0 Å². The van der Waals surface area contributed by atoms with Crippen molar-refractivity contribution in [2.24, 2.45) is 0 Å². The van der Waals surface area contributed by atoms with E-state index in [0.717, 1.165) is 31.3 Å². The Bertz CT molecular complexity index is 1520. The lowest BCUT2D eigenvalue weighted by atomic mass is 9.98. The molecule has 4 aromatic rings. The fourth-order valence-electron chi connectivity index (χ4n) is 5.85. The Balaban J connectivity index is 1.34. The molecule has 2 aromatic heterocycles. The van der Waals surface area contributed by atoms with Gasteiger partial charge in [-0.05, 0) is 76.1 Å². The summed E-state index contributed by atoms with van der Waals surface area (Å²) in [6, 6.07) is 14.3. The Morgan fingerprint density at radius 3 is 2.44 bits per heavy atom. The van der Waals surface area contributed by atoms with Crippen molar-refractivity contribution in [2.45, 2.75) is 44.7 Å². The van der Waals surface area contributed by atoms with Gasteiger partial charge >= 0.3 is 11.3 Å². The van der Waals surface area contributed by atoms with Gasteiger partial charge in [0.25, 0.3) is 0 Å². The minimum Gasteiger partial charge on any atom is -0.507 e. The first-order valence-electron chi connectivity index (χ1n) is 12.9. The van der Waals surface area contributed by atoms with Crippen LogP contribution in [0.4, 0.5) is 0 Å². The number of fused-ring (bicyclic) bond motifs is 2. The summed E-state index contributed by atoms with van der Waals surface area (Å²) in [5.41, 5.74) is 1.05. The zero-order chi connectivity index (χ0) is 24.6. The average Bonchev–Trinajstić information content (AvgIpc) is 2.90. The number of benzene rings is 2. The van der Waals surface area contributed by atoms with Gasteiger partial charge < -0.3 is 18.8 Å². The molecule has 6 rings (SSSR count). The summed E-state index contributed by atoms with van der Waals surface area (Å²) in [7, 11) is 0. The maximum atomic E-state index is 12.9. The third-order valence-electron chi connectivity index (χ3n) is 7.77. The Hall–Kier alpha value is -3.42. The fourth-order valence-corrected chi connectivity index (χ4v) is 5.85. The molecule has 0 aliphatic carbocycles. The van der Waals surface area contributed by atoms with Crippen LogP contribution < -0.4 is 11.3 Å². The third-order valence-corrected chi connectivity index (χ3v) is 7.77. The molecule has 0 amide bonds. The Morgan fingerprint density at radius 1 is 0.861 bits per heavy atom. The van der Waals surface area contributed by atoms with Crippen LogP contribution in [0.2, 0.25) is 0 Å². The highest BCUT2D eigenvalue weighted by Gasteiger charge is 2.27. The molecule has 0 bridgehead atoms. The quantitative estimate of drug-likeness (QED) is 0.418. The first-order valence-corrected chi connectivity index (χ1v) is 12.9. The van der Waals surface area contributed by atoms with Crippen LogP contribution >= 0.6 is 0 Å². The molecule has 2 aliphatic heterocycles. The molecule has 7 heteroatoms. The lowest BCUT2D eigenvalue weighted by molar-refractivity contribution is 0.0894. The fraction of sp³-hybridized carbons (Fsp3) is 0.379. The first kappa shape index (κ1) is 23.0. The zero-order valence-electron chi connectivity index (χ0n) is 20.2. The van der Waals surface area contributed by atoms with Crippen LogP contribution in [0.5, 0.6) is 5.75 Å². The molecule has 2 fully saturated rings. The number of para-hydroxylation sites is 1. The summed E-state index contributed by atoms with van der Waals surface area (Å²) in [4.78, 5) is 30.4. The van der Waals surface area contributed by atoms with Gasteiger partial charge in [-0.2, -0.15) is 0 Å². The molecular formula is C29H30N2O5. The Labute approximate surface area is 208 Å². The van der Waals surface area contributed by atoms with Crippen molar-refractivity contribution < 1.29 is 13.9 Å². The zero-order valence-corrected chi connectivity index (χ0v) is 20.2. The Morgan fingerprint density at radius 2 is 1.64 bits per heavy atom. The minimum atomic E-state index is -0.569. The summed E-state index contributed by atoms with van der Waals surface area (Å²) < 4.78 is 11.2. The summed E-state index contributed by atoms with van der Waals surface area (Å²) in [6.07, 6.45) is 6.11. The van der Waals surface area contributed by atoms with Gasteiger partial charge in [0.2, 0.25) is 0 Å². The highest BCUT2D eigenvalue weighted by molar-refractivity contribution is 5.97. The van der Waals surface area contributed by atoms with Crippen molar-refractivity contribution >= 4 is 21.9 Å². The monoisotopic (exact) mass is 486 g/mol. The van der Waals surface area contributed by atoms with Crippen molar-refractivity contribution in [1.82, 2.24) is 9.80 Å². The first-order chi connectivity index (χ1) is 17.6. The second-order valence-electron chi connectivity index (χ2n) is 10.0. The highest BCUT2D eigenvalue weighted by Crippen LogP contribution is 2.34. The number of likely N-dealkylation sites (tertiary alicyclic amines) is 2. The van der Waals surface area contributed by atoms with Gasteiger partial charge in [-0.15, -0.1) is 0 Å². The van der Waals surface area contributed by atoms with E-state index < -0.39 is 11.3 Å². The topological polar surface area (TPSA) is 87.1 Å². The number of hydrogen-bond donors (Lipinski definition) is 1. The number of piperidine rings is 2. The van der Waals surface area contributed by atoms with Gasteiger partial charge in [-0.3, -0.25) is 4.90 Å². The van der Waals surface area contributed by atoms with Crippen LogP contribution in [0.3, 0.4) is 0 Å². The molecule has 0 spiro atoms. The molecule has 0 radical (unpaired) electrons. The van der Waals surface area contributed by atoms with Gasteiger partial charge in [0.05, 0.1) is 11.1 Å². The van der Waals surface area contributed by atoms with Crippen molar-refractivity contribution in [3.8, 4) is 16.9 Å². The number of hydrogen-bond acceptors (Lipinski definition) is 7. The predicted molar refractivity (Wildman–Crippen MR) is 139 cm³/mol. The molecule has 0 unspecified atom stereocenters. The number of nitrogens with zero attached hydrogens (tertiary/aromatic N) is 2. The molecule has 7 nitrogen and oxygen atoms in total. The highest BCUT2D eigenvalue weighted by atomic mass is 16.4. The van der Waals surface area contributed by atoms with E-state index >= 15 is 0 Å². The SMILES string of the molecule is O=c1cc(-c2cc3ccccc3oc2=O)c2ccc(O)c(CN3CCC(N4CCCCC4)CC3)c2o1. The van der Waals surface area contributed by atoms with E-state index in [1.54, 1.807) is 24.3 Å². The van der Waals surface area contributed by atoms with Crippen LogP contribution in [0.15, 0.2) is 67.0 Å². The molecule has 0 saturated carbocycles. The molecule has 186 valence electrons. The molecule has 36 heavy (non-hydrogen) atoms. The predicted octanol–water partition coefficient (Wildman–Crippen LogP) is 4.72. The van der Waals surface area contributed by atoms with E-state index in [1.807, 2.05) is 18.2 Å². The standard InChI is InChI=1S/C29H30N2O5/c32-25-9-8-21-22(23-16-19-6-2-3-7-26(19)35-29(23)34)17-27(33)36-28(21)24(25)18-30-14-10-20(11-15-30)31-12-4-1-5-13-31/h2-3,6-9,16-17,20,32H,1,4-5,10-15,18H2. The van der Waals surface area contributed by atoms with Gasteiger partial charge in [0, 0.05) is 35.0 Å². The van der Waals surface area contributed by atoms with Gasteiger partial charge in [0.1, 0.15) is 16.9 Å². The number of rotatable bonds is 4. The molecular weight excluding hydrogens is 456 g/mol. The lowest BCUT2D eigenvalue weighted by Gasteiger charge is -2.40. The second-order valence-corrected chi connectivity index (χ2v) is 10.0. The summed E-state index contributed by atoms with van der Waals surface area (Å²) >= 11 is 0. The molecule has 1 N–H and O–H groups in total. The second kappa shape index (κ2) is 9.56. The van der Waals surface area contributed by atoms with E-state index in [2.05, 4.69) is 9.80 Å². The van der Waals surface area contributed by atoms with E-state index in [1.165, 1.54) is 38.4 Å². The van der Waals surface area contributed by atoms with E-state index in [0.29, 0.717) is 45.8 Å². The summed E-state index contributed by atoms with van der Waals surface area (Å²) in [5, 5.41) is 12.1. The number of phenolic OH excluding ortho intramolecular Hbond substituents is 1. The largest absolute Gasteiger partial charge is 0.507 e. The summed E-state index contributed by atoms with van der Waals surface area (Å²) in [5.74, 6) is 0.0894. The van der Waals surface area contributed by atoms with Crippen LogP contribution in [0.1, 0.15) is 37.7 Å². The van der Waals surface area contributed by atoms with Gasteiger partial charge in [-0.1, -0.05) is 24.6 Å². The van der Waals surface area contributed by atoms with Crippen LogP contribution in [0.25, 0.3) is 33.1 Å². The van der Waals surface area contributed by atoms with Gasteiger partial charge in [-0.25, -0.2) is 9.59 Å². The number of phenols is 1. The average molecular weight is 487 g/mol. The maximum Gasteiger partial charge on any atom is 0.344 e. The maximum absolute atomic E-state index is 12.9. The van der Waals surface area contributed by atoms with Crippen LogP contribution in [-0.2, 0) is 6.54 Å². The normalized spacial score (nSPS) is 18.2. The molecule has 2 aromatic carbocycles. The molecule has 4 heterocycles. The van der Waals surface area contributed by atoms with Crippen molar-refractivity contribution in [3.63, 3.8) is 0 Å².